The summed E-state index contributed by atoms with van der Waals surface area (Å²) in [5.74, 6) is 0. The topological polar surface area (TPSA) is 69.6 Å². The number of hydrogen-bond acceptors (Lipinski definition) is 2. The van der Waals surface area contributed by atoms with Crippen molar-refractivity contribution in [2.24, 2.45) is 5.41 Å². The van der Waals surface area contributed by atoms with Crippen molar-refractivity contribution in [2.45, 2.75) is 32.3 Å². The van der Waals surface area contributed by atoms with Gasteiger partial charge < -0.3 is 15.5 Å². The number of nitrogens with one attached hydrogen (secondary N) is 1. The molecule has 3 N–H and O–H groups in total. The fraction of sp³-hybridized carbons (Fsp3) is 0.875. The third kappa shape index (κ3) is 4.95. The lowest BCUT2D eigenvalue weighted by atomic mass is 9.88. The first-order valence-corrected chi connectivity index (χ1v) is 4.47. The quantitative estimate of drug-likeness (QED) is 0.613. The van der Waals surface area contributed by atoms with Gasteiger partial charge in [-0.1, -0.05) is 20.8 Å². The smallest absolute Gasteiger partial charge is 0.404 e. The zero-order chi connectivity index (χ0) is 10.6. The van der Waals surface area contributed by atoms with E-state index in [9.17, 15) is 9.90 Å². The monoisotopic (exact) mass is 209 g/mol. The standard InChI is InChI=1S/C8H16ClNO3/c1-8(2,3)6(9)5(11)4-10-7(12)13/h5-6,10-11H,4H2,1-3H3,(H,12,13). The van der Waals surface area contributed by atoms with E-state index >= 15 is 0 Å². The number of rotatable bonds is 3. The first-order chi connectivity index (χ1) is 5.75. The summed E-state index contributed by atoms with van der Waals surface area (Å²) in [6, 6.07) is 0. The number of aliphatic hydroxyl groups is 1. The molecule has 0 heterocycles. The van der Waals surface area contributed by atoms with E-state index in [1.807, 2.05) is 20.8 Å². The molecule has 0 spiro atoms. The number of hydrogen-bond donors (Lipinski definition) is 3. The lowest BCUT2D eigenvalue weighted by Gasteiger charge is -2.29. The lowest BCUT2D eigenvalue weighted by molar-refractivity contribution is 0.121. The van der Waals surface area contributed by atoms with Crippen LogP contribution in [0.15, 0.2) is 0 Å². The van der Waals surface area contributed by atoms with Gasteiger partial charge >= 0.3 is 6.09 Å². The molecule has 1 amide bonds. The van der Waals surface area contributed by atoms with E-state index in [4.69, 9.17) is 16.7 Å². The summed E-state index contributed by atoms with van der Waals surface area (Å²) in [5.41, 5.74) is -0.249. The Bertz CT molecular complexity index is 179. The summed E-state index contributed by atoms with van der Waals surface area (Å²) in [6.07, 6.45) is -2.02. The molecule has 0 rings (SSSR count). The van der Waals surface area contributed by atoms with Gasteiger partial charge in [-0.2, -0.15) is 0 Å². The van der Waals surface area contributed by atoms with E-state index in [1.54, 1.807) is 0 Å². The predicted octanol–water partition coefficient (Wildman–Crippen LogP) is 1.27. The number of aliphatic hydroxyl groups excluding tert-OH is 1. The molecule has 0 saturated heterocycles. The molecule has 78 valence electrons. The molecular formula is C8H16ClNO3. The molecule has 2 unspecified atom stereocenters. The third-order valence-electron chi connectivity index (χ3n) is 1.63. The van der Waals surface area contributed by atoms with Gasteiger partial charge in [-0.3, -0.25) is 0 Å². The van der Waals surface area contributed by atoms with Crippen molar-refractivity contribution in [1.29, 1.82) is 0 Å². The Balaban J connectivity index is 3.97. The molecule has 0 fully saturated rings. The number of alkyl halides is 1. The summed E-state index contributed by atoms with van der Waals surface area (Å²) >= 11 is 5.91. The summed E-state index contributed by atoms with van der Waals surface area (Å²) < 4.78 is 0. The van der Waals surface area contributed by atoms with Gasteiger partial charge in [-0.25, -0.2) is 4.79 Å². The van der Waals surface area contributed by atoms with Crippen LogP contribution in [-0.4, -0.2) is 34.3 Å². The Morgan fingerprint density at radius 2 is 2.00 bits per heavy atom. The lowest BCUT2D eigenvalue weighted by Crippen LogP contribution is -2.41. The largest absolute Gasteiger partial charge is 0.465 e. The highest BCUT2D eigenvalue weighted by Gasteiger charge is 2.29. The normalized spacial score (nSPS) is 16.4. The van der Waals surface area contributed by atoms with Crippen molar-refractivity contribution in [3.63, 3.8) is 0 Å². The molecular weight excluding hydrogens is 194 g/mol. The highest BCUT2D eigenvalue weighted by molar-refractivity contribution is 6.21. The molecule has 2 atom stereocenters. The van der Waals surface area contributed by atoms with Crippen LogP contribution in [0.4, 0.5) is 4.79 Å². The van der Waals surface area contributed by atoms with Crippen LogP contribution < -0.4 is 5.32 Å². The fourth-order valence-corrected chi connectivity index (χ4v) is 0.962. The van der Waals surface area contributed by atoms with E-state index in [0.717, 1.165) is 0 Å². The van der Waals surface area contributed by atoms with E-state index in [-0.39, 0.29) is 12.0 Å². The number of carbonyl (C=O) groups is 1. The average Bonchev–Trinajstić information content (AvgIpc) is 1.96. The summed E-state index contributed by atoms with van der Waals surface area (Å²) in [6.45, 7) is 5.61. The van der Waals surface area contributed by atoms with Crippen molar-refractivity contribution < 1.29 is 15.0 Å². The molecule has 0 aliphatic rings. The molecule has 0 radical (unpaired) electrons. The molecule has 0 saturated carbocycles. The van der Waals surface area contributed by atoms with Crippen LogP contribution >= 0.6 is 11.6 Å². The molecule has 4 nitrogen and oxygen atoms in total. The van der Waals surface area contributed by atoms with Gasteiger partial charge in [0.1, 0.15) is 0 Å². The van der Waals surface area contributed by atoms with Crippen LogP contribution in [-0.2, 0) is 0 Å². The zero-order valence-corrected chi connectivity index (χ0v) is 8.80. The van der Waals surface area contributed by atoms with Gasteiger partial charge in [0, 0.05) is 6.54 Å². The SMILES string of the molecule is CC(C)(C)C(Cl)C(O)CNC(=O)O. The van der Waals surface area contributed by atoms with Crippen LogP contribution in [0.3, 0.4) is 0 Å². The van der Waals surface area contributed by atoms with E-state index in [2.05, 4.69) is 5.32 Å². The third-order valence-corrected chi connectivity index (χ3v) is 2.57. The molecule has 0 bridgehead atoms. The first kappa shape index (κ1) is 12.5. The average molecular weight is 210 g/mol. The Kier molecular flexibility index (Phi) is 4.50. The maximum atomic E-state index is 10.1. The van der Waals surface area contributed by atoms with Gasteiger partial charge in [-0.15, -0.1) is 11.6 Å². The minimum absolute atomic E-state index is 0.0409. The Hall–Kier alpha value is -0.480. The summed E-state index contributed by atoms with van der Waals surface area (Å²) in [7, 11) is 0. The molecule has 5 heteroatoms. The maximum Gasteiger partial charge on any atom is 0.404 e. The van der Waals surface area contributed by atoms with Crippen molar-refractivity contribution in [1.82, 2.24) is 5.32 Å². The Morgan fingerprint density at radius 1 is 1.54 bits per heavy atom. The predicted molar refractivity (Wildman–Crippen MR) is 51.1 cm³/mol. The fourth-order valence-electron chi connectivity index (χ4n) is 0.873. The second-order valence-electron chi connectivity index (χ2n) is 4.02. The highest BCUT2D eigenvalue weighted by Crippen LogP contribution is 2.26. The van der Waals surface area contributed by atoms with Crippen LogP contribution in [0, 0.1) is 5.41 Å². The van der Waals surface area contributed by atoms with Crippen LogP contribution in [0.5, 0.6) is 0 Å². The number of amides is 1. The molecule has 0 aromatic rings. The van der Waals surface area contributed by atoms with Crippen molar-refractivity contribution in [2.75, 3.05) is 6.54 Å². The minimum atomic E-state index is -1.16. The molecule has 13 heavy (non-hydrogen) atoms. The van der Waals surface area contributed by atoms with E-state index in [0.29, 0.717) is 0 Å². The summed E-state index contributed by atoms with van der Waals surface area (Å²) in [4.78, 5) is 10.1. The molecule has 0 aliphatic carbocycles. The molecule has 0 aromatic carbocycles. The minimum Gasteiger partial charge on any atom is -0.465 e. The van der Waals surface area contributed by atoms with Gasteiger partial charge in [0.15, 0.2) is 0 Å². The maximum absolute atomic E-state index is 10.1. The number of halogens is 1. The van der Waals surface area contributed by atoms with Crippen molar-refractivity contribution in [3.8, 4) is 0 Å². The Labute approximate surface area is 82.9 Å². The van der Waals surface area contributed by atoms with Crippen molar-refractivity contribution in [3.05, 3.63) is 0 Å². The van der Waals surface area contributed by atoms with E-state index in [1.165, 1.54) is 0 Å². The molecule has 0 aromatic heterocycles. The van der Waals surface area contributed by atoms with Crippen LogP contribution in [0.2, 0.25) is 0 Å². The van der Waals surface area contributed by atoms with Crippen molar-refractivity contribution >= 4 is 17.7 Å². The zero-order valence-electron chi connectivity index (χ0n) is 8.04. The van der Waals surface area contributed by atoms with Gasteiger partial charge in [0.2, 0.25) is 0 Å². The van der Waals surface area contributed by atoms with Crippen LogP contribution in [0.25, 0.3) is 0 Å². The summed E-state index contributed by atoms with van der Waals surface area (Å²) in [5, 5.41) is 19.3. The highest BCUT2D eigenvalue weighted by atomic mass is 35.5. The first-order valence-electron chi connectivity index (χ1n) is 4.04. The van der Waals surface area contributed by atoms with Crippen LogP contribution in [0.1, 0.15) is 20.8 Å². The Morgan fingerprint density at radius 3 is 2.31 bits per heavy atom. The van der Waals surface area contributed by atoms with E-state index < -0.39 is 17.6 Å². The van der Waals surface area contributed by atoms with Gasteiger partial charge in [-0.05, 0) is 5.41 Å². The second kappa shape index (κ2) is 4.67. The van der Waals surface area contributed by atoms with Gasteiger partial charge in [0.05, 0.1) is 11.5 Å². The number of carboxylic acid groups (broad SMARTS) is 1. The van der Waals surface area contributed by atoms with Gasteiger partial charge in [0.25, 0.3) is 0 Å². The second-order valence-corrected chi connectivity index (χ2v) is 4.49. The molecule has 0 aliphatic heterocycles.